The van der Waals surface area contributed by atoms with Gasteiger partial charge in [-0.1, -0.05) is 24.3 Å². The van der Waals surface area contributed by atoms with Crippen LogP contribution < -0.4 is 5.32 Å². The van der Waals surface area contributed by atoms with Crippen molar-refractivity contribution in [1.29, 1.82) is 0 Å². The summed E-state index contributed by atoms with van der Waals surface area (Å²) < 4.78 is 1.89. The number of nitrogens with zero attached hydrogens (tertiary/aromatic N) is 4. The van der Waals surface area contributed by atoms with Gasteiger partial charge in [-0.15, -0.1) is 0 Å². The third-order valence-electron chi connectivity index (χ3n) is 7.51. The van der Waals surface area contributed by atoms with E-state index in [1.54, 1.807) is 6.20 Å². The first-order chi connectivity index (χ1) is 18.4. The Morgan fingerprint density at radius 2 is 1.76 bits per heavy atom. The molecule has 0 atom stereocenters. The predicted octanol–water partition coefficient (Wildman–Crippen LogP) is 4.36. The van der Waals surface area contributed by atoms with Crippen molar-refractivity contribution >= 4 is 29.2 Å². The molecule has 6 rings (SSSR count). The number of fused-ring (bicyclic) bond motifs is 1. The number of amides is 2. The number of anilines is 1. The first-order valence-electron chi connectivity index (χ1n) is 12.8. The Labute approximate surface area is 221 Å². The van der Waals surface area contributed by atoms with E-state index in [0.717, 1.165) is 58.2 Å². The van der Waals surface area contributed by atoms with Gasteiger partial charge in [-0.3, -0.25) is 9.59 Å². The summed E-state index contributed by atoms with van der Waals surface area (Å²) >= 11 is 0. The third kappa shape index (κ3) is 4.13. The molecule has 2 aromatic heterocycles. The molecule has 1 fully saturated rings. The molecule has 2 aliphatic rings. The minimum Gasteiger partial charge on any atom is -0.358 e. The molecular weight excluding hydrogens is 476 g/mol. The van der Waals surface area contributed by atoms with Gasteiger partial charge in [-0.2, -0.15) is 5.10 Å². The molecule has 0 spiro atoms. The standard InChI is InChI=1S/C30H30N6O2/c1-19-26(32-20(2)28(19)30(38)35-15-13-34(3)14-16-35)18-24-23-17-21(9-10-25(23)33-29(24)37)27-11-12-31-36(27)22-7-5-4-6-8-22/h4-12,17-18,32H,13-16H2,1-3H3,(H,33,37)/b24-18-. The highest BCUT2D eigenvalue weighted by Gasteiger charge is 2.28. The van der Waals surface area contributed by atoms with Crippen LogP contribution in [0.2, 0.25) is 0 Å². The number of para-hydroxylation sites is 1. The van der Waals surface area contributed by atoms with E-state index < -0.39 is 0 Å². The molecule has 0 unspecified atom stereocenters. The summed E-state index contributed by atoms with van der Waals surface area (Å²) in [4.78, 5) is 33.9. The molecule has 0 radical (unpaired) electrons. The van der Waals surface area contributed by atoms with Crippen molar-refractivity contribution in [3.05, 3.63) is 88.9 Å². The Kier molecular flexibility index (Phi) is 5.96. The summed E-state index contributed by atoms with van der Waals surface area (Å²) in [5.41, 5.74) is 8.16. The molecule has 2 aliphatic heterocycles. The number of carbonyl (C=O) groups excluding carboxylic acids is 2. The summed E-state index contributed by atoms with van der Waals surface area (Å²) in [6, 6.07) is 17.9. The minimum absolute atomic E-state index is 0.0433. The van der Waals surface area contributed by atoms with Gasteiger partial charge in [-0.25, -0.2) is 4.68 Å². The van der Waals surface area contributed by atoms with Gasteiger partial charge >= 0.3 is 0 Å². The molecule has 2 amide bonds. The van der Waals surface area contributed by atoms with E-state index in [-0.39, 0.29) is 11.8 Å². The van der Waals surface area contributed by atoms with E-state index in [0.29, 0.717) is 24.2 Å². The molecule has 0 aliphatic carbocycles. The number of piperazine rings is 1. The lowest BCUT2D eigenvalue weighted by Crippen LogP contribution is -2.47. The molecule has 192 valence electrons. The molecule has 1 saturated heterocycles. The number of aromatic amines is 1. The molecule has 4 aromatic rings. The maximum atomic E-state index is 13.4. The molecule has 8 nitrogen and oxygen atoms in total. The van der Waals surface area contributed by atoms with Crippen molar-refractivity contribution in [3.63, 3.8) is 0 Å². The number of aromatic nitrogens is 3. The Morgan fingerprint density at radius 3 is 2.53 bits per heavy atom. The summed E-state index contributed by atoms with van der Waals surface area (Å²) in [5, 5.41) is 7.50. The number of benzene rings is 2. The number of aryl methyl sites for hydroxylation is 1. The topological polar surface area (TPSA) is 86.3 Å². The van der Waals surface area contributed by atoms with Crippen LogP contribution in [0.3, 0.4) is 0 Å². The van der Waals surface area contributed by atoms with Gasteiger partial charge < -0.3 is 20.1 Å². The van der Waals surface area contributed by atoms with Crippen LogP contribution in [0.1, 0.15) is 32.9 Å². The van der Waals surface area contributed by atoms with Crippen LogP contribution in [0.5, 0.6) is 0 Å². The largest absolute Gasteiger partial charge is 0.358 e. The number of likely N-dealkylation sites (N-methyl/N-ethyl adjacent to an activating group) is 1. The zero-order valence-corrected chi connectivity index (χ0v) is 21.8. The van der Waals surface area contributed by atoms with Gasteiger partial charge in [0.2, 0.25) is 0 Å². The minimum atomic E-state index is -0.160. The predicted molar refractivity (Wildman–Crippen MR) is 149 cm³/mol. The Bertz CT molecular complexity index is 1570. The van der Waals surface area contributed by atoms with Crippen molar-refractivity contribution < 1.29 is 9.59 Å². The molecule has 0 bridgehead atoms. The SMILES string of the molecule is Cc1[nH]c(/C=C2\C(=O)Nc3ccc(-c4ccnn4-c4ccccc4)cc32)c(C)c1C(=O)N1CCN(C)CC1. The maximum Gasteiger partial charge on any atom is 0.256 e. The lowest BCUT2D eigenvalue weighted by molar-refractivity contribution is -0.110. The van der Waals surface area contributed by atoms with E-state index >= 15 is 0 Å². The van der Waals surface area contributed by atoms with E-state index in [2.05, 4.69) is 27.3 Å². The fourth-order valence-electron chi connectivity index (χ4n) is 5.34. The number of rotatable bonds is 4. The van der Waals surface area contributed by atoms with Crippen LogP contribution in [0, 0.1) is 13.8 Å². The average molecular weight is 507 g/mol. The highest BCUT2D eigenvalue weighted by atomic mass is 16.2. The monoisotopic (exact) mass is 506 g/mol. The molecule has 2 N–H and O–H groups in total. The second-order valence-electron chi connectivity index (χ2n) is 10.00. The smallest absolute Gasteiger partial charge is 0.256 e. The van der Waals surface area contributed by atoms with Crippen LogP contribution in [-0.2, 0) is 4.79 Å². The molecular formula is C30H30N6O2. The Balaban J connectivity index is 1.36. The second kappa shape index (κ2) is 9.46. The number of hydrogen-bond donors (Lipinski definition) is 2. The van der Waals surface area contributed by atoms with Crippen molar-refractivity contribution in [1.82, 2.24) is 24.6 Å². The van der Waals surface area contributed by atoms with E-state index in [9.17, 15) is 9.59 Å². The molecule has 0 saturated carbocycles. The molecule has 38 heavy (non-hydrogen) atoms. The quantitative estimate of drug-likeness (QED) is 0.403. The third-order valence-corrected chi connectivity index (χ3v) is 7.51. The van der Waals surface area contributed by atoms with Crippen LogP contribution in [0.4, 0.5) is 5.69 Å². The number of H-pyrrole nitrogens is 1. The summed E-state index contributed by atoms with van der Waals surface area (Å²) in [6.45, 7) is 7.04. The van der Waals surface area contributed by atoms with Crippen molar-refractivity contribution in [2.75, 3.05) is 38.5 Å². The Morgan fingerprint density at radius 1 is 1.00 bits per heavy atom. The highest BCUT2D eigenvalue weighted by Crippen LogP contribution is 2.37. The van der Waals surface area contributed by atoms with E-state index in [1.807, 2.05) is 84.1 Å². The zero-order chi connectivity index (χ0) is 26.4. The number of carbonyl (C=O) groups is 2. The molecule has 4 heterocycles. The maximum absolute atomic E-state index is 13.4. The summed E-state index contributed by atoms with van der Waals surface area (Å²) in [5.74, 6) is -0.117. The van der Waals surface area contributed by atoms with Gasteiger partial charge in [-0.05, 0) is 62.9 Å². The van der Waals surface area contributed by atoms with E-state index in [4.69, 9.17) is 0 Å². The summed E-state index contributed by atoms with van der Waals surface area (Å²) in [7, 11) is 2.07. The number of nitrogens with one attached hydrogen (secondary N) is 2. The highest BCUT2D eigenvalue weighted by molar-refractivity contribution is 6.35. The molecule has 8 heteroatoms. The average Bonchev–Trinajstić information content (AvgIpc) is 3.60. The van der Waals surface area contributed by atoms with Gasteiger partial charge in [0.1, 0.15) is 0 Å². The first kappa shape index (κ1) is 23.9. The second-order valence-corrected chi connectivity index (χ2v) is 10.00. The lowest BCUT2D eigenvalue weighted by atomic mass is 10.0. The lowest BCUT2D eigenvalue weighted by Gasteiger charge is -2.32. The fraction of sp³-hybridized carbons (Fsp3) is 0.233. The number of hydrogen-bond acceptors (Lipinski definition) is 4. The van der Waals surface area contributed by atoms with Gasteiger partial charge in [0.15, 0.2) is 0 Å². The van der Waals surface area contributed by atoms with Crippen molar-refractivity contribution in [2.24, 2.45) is 0 Å². The van der Waals surface area contributed by atoms with Gasteiger partial charge in [0.25, 0.3) is 11.8 Å². The first-order valence-corrected chi connectivity index (χ1v) is 12.8. The van der Waals surface area contributed by atoms with Crippen LogP contribution in [-0.4, -0.2) is 69.6 Å². The molecule has 2 aromatic carbocycles. The van der Waals surface area contributed by atoms with Crippen LogP contribution in [0.25, 0.3) is 28.6 Å². The van der Waals surface area contributed by atoms with Gasteiger partial charge in [0.05, 0.1) is 28.7 Å². The Hall–Kier alpha value is -4.43. The van der Waals surface area contributed by atoms with E-state index in [1.165, 1.54) is 0 Å². The van der Waals surface area contributed by atoms with Crippen molar-refractivity contribution in [2.45, 2.75) is 13.8 Å². The van der Waals surface area contributed by atoms with Gasteiger partial charge in [0, 0.05) is 54.4 Å². The van der Waals surface area contributed by atoms with Crippen LogP contribution in [0.15, 0.2) is 60.8 Å². The van der Waals surface area contributed by atoms with Crippen molar-refractivity contribution in [3.8, 4) is 16.9 Å². The zero-order valence-electron chi connectivity index (χ0n) is 21.8. The summed E-state index contributed by atoms with van der Waals surface area (Å²) in [6.07, 6.45) is 3.64. The fourth-order valence-corrected chi connectivity index (χ4v) is 5.34. The normalized spacial score (nSPS) is 16.7. The van der Waals surface area contributed by atoms with Crippen LogP contribution >= 0.6 is 0 Å².